The summed E-state index contributed by atoms with van der Waals surface area (Å²) < 4.78 is 0. The van der Waals surface area contributed by atoms with Crippen molar-refractivity contribution in [1.82, 2.24) is 9.88 Å². The summed E-state index contributed by atoms with van der Waals surface area (Å²) in [5.41, 5.74) is 0.247. The van der Waals surface area contributed by atoms with Gasteiger partial charge in [0.25, 0.3) is 5.91 Å². The molecule has 1 fully saturated rings. The number of rotatable bonds is 2. The molecule has 3 nitrogen and oxygen atoms in total. The van der Waals surface area contributed by atoms with Crippen LogP contribution in [0.1, 0.15) is 42.6 Å². The molecule has 1 saturated carbocycles. The molecule has 1 aromatic rings. The molecule has 0 saturated heterocycles. The lowest BCUT2D eigenvalue weighted by molar-refractivity contribution is 0.0690. The number of pyridine rings is 1. The van der Waals surface area contributed by atoms with Crippen molar-refractivity contribution in [1.29, 1.82) is 0 Å². The molecule has 0 aromatic carbocycles. The normalized spacial score (nSPS) is 16.6. The highest BCUT2D eigenvalue weighted by Gasteiger charge is 2.25. The Morgan fingerprint density at radius 1 is 1.28 bits per heavy atom. The maximum atomic E-state index is 12.3. The van der Waals surface area contributed by atoms with Crippen LogP contribution in [0, 0.1) is 0 Å². The lowest BCUT2D eigenvalue weighted by Crippen LogP contribution is -2.38. The van der Waals surface area contributed by atoms with Gasteiger partial charge in [-0.2, -0.15) is 0 Å². The highest BCUT2D eigenvalue weighted by molar-refractivity contribution is 6.34. The van der Waals surface area contributed by atoms with Gasteiger partial charge in [0.15, 0.2) is 0 Å². The smallest absolute Gasteiger partial charge is 0.274 e. The van der Waals surface area contributed by atoms with E-state index in [-0.39, 0.29) is 11.6 Å². The van der Waals surface area contributed by atoms with E-state index in [1.54, 1.807) is 17.0 Å². The van der Waals surface area contributed by atoms with Crippen molar-refractivity contribution in [2.45, 2.75) is 38.1 Å². The molecule has 1 aliphatic rings. The van der Waals surface area contributed by atoms with Crippen LogP contribution in [0.4, 0.5) is 0 Å². The highest BCUT2D eigenvalue weighted by Crippen LogP contribution is 2.24. The molecular weight excluding hydrogens is 271 g/mol. The number of hydrogen-bond acceptors (Lipinski definition) is 2. The molecule has 1 amide bonds. The van der Waals surface area contributed by atoms with Gasteiger partial charge in [-0.1, -0.05) is 42.5 Å². The summed E-state index contributed by atoms with van der Waals surface area (Å²) in [5.74, 6) is -0.144. The van der Waals surface area contributed by atoms with Crippen molar-refractivity contribution >= 4 is 29.1 Å². The predicted octanol–water partition coefficient (Wildman–Crippen LogP) is 3.79. The molecule has 1 heterocycles. The molecule has 0 radical (unpaired) electrons. The molecule has 1 aliphatic carbocycles. The van der Waals surface area contributed by atoms with Crippen LogP contribution in [0.3, 0.4) is 0 Å². The van der Waals surface area contributed by atoms with E-state index in [1.807, 2.05) is 7.05 Å². The van der Waals surface area contributed by atoms with Crippen LogP contribution < -0.4 is 0 Å². The van der Waals surface area contributed by atoms with Gasteiger partial charge in [0, 0.05) is 13.1 Å². The third kappa shape index (κ3) is 2.96. The van der Waals surface area contributed by atoms with Crippen molar-refractivity contribution in [2.75, 3.05) is 7.05 Å². The Kier molecular flexibility index (Phi) is 4.46. The van der Waals surface area contributed by atoms with Crippen LogP contribution in [-0.4, -0.2) is 28.9 Å². The number of aromatic nitrogens is 1. The monoisotopic (exact) mass is 286 g/mol. The van der Waals surface area contributed by atoms with Crippen LogP contribution in [-0.2, 0) is 0 Å². The van der Waals surface area contributed by atoms with Crippen molar-refractivity contribution in [3.63, 3.8) is 0 Å². The van der Waals surface area contributed by atoms with Gasteiger partial charge in [-0.25, -0.2) is 4.98 Å². The first kappa shape index (κ1) is 13.6. The fourth-order valence-electron chi connectivity index (χ4n) is 2.37. The molecule has 0 bridgehead atoms. The Labute approximate surface area is 117 Å². The summed E-state index contributed by atoms with van der Waals surface area (Å²) in [5, 5.41) is 0.645. The zero-order valence-electron chi connectivity index (χ0n) is 10.3. The van der Waals surface area contributed by atoms with Crippen LogP contribution in [0.25, 0.3) is 0 Å². The van der Waals surface area contributed by atoms with Gasteiger partial charge < -0.3 is 4.90 Å². The summed E-state index contributed by atoms with van der Waals surface area (Å²) in [6.07, 6.45) is 5.73. The van der Waals surface area contributed by atoms with Gasteiger partial charge in [-0.15, -0.1) is 0 Å². The SMILES string of the molecule is CN(C(=O)c1nc(Cl)ccc1Cl)C1CCCCC1. The number of halogens is 2. The molecule has 0 atom stereocenters. The standard InChI is InChI=1S/C13H16Cl2N2O/c1-17(9-5-3-2-4-6-9)13(18)12-10(14)7-8-11(15)16-12/h7-9H,2-6H2,1H3. The van der Waals surface area contributed by atoms with Gasteiger partial charge in [0.2, 0.25) is 0 Å². The number of hydrogen-bond donors (Lipinski definition) is 0. The Hall–Kier alpha value is -0.800. The molecule has 98 valence electrons. The highest BCUT2D eigenvalue weighted by atomic mass is 35.5. The average Bonchev–Trinajstić information content (AvgIpc) is 2.41. The summed E-state index contributed by atoms with van der Waals surface area (Å²) >= 11 is 11.8. The Morgan fingerprint density at radius 3 is 2.61 bits per heavy atom. The largest absolute Gasteiger partial charge is 0.337 e. The lowest BCUT2D eigenvalue weighted by atomic mass is 9.94. The quantitative estimate of drug-likeness (QED) is 0.775. The Morgan fingerprint density at radius 2 is 1.94 bits per heavy atom. The molecule has 5 heteroatoms. The Bertz CT molecular complexity index is 445. The van der Waals surface area contributed by atoms with Crippen molar-refractivity contribution < 1.29 is 4.79 Å². The third-order valence-electron chi connectivity index (χ3n) is 3.46. The second-order valence-electron chi connectivity index (χ2n) is 4.67. The van der Waals surface area contributed by atoms with Crippen molar-refractivity contribution in [3.05, 3.63) is 28.0 Å². The molecule has 18 heavy (non-hydrogen) atoms. The molecule has 0 N–H and O–H groups in total. The third-order valence-corrected chi connectivity index (χ3v) is 3.97. The minimum atomic E-state index is -0.144. The second-order valence-corrected chi connectivity index (χ2v) is 5.47. The molecule has 0 unspecified atom stereocenters. The van der Waals surface area contributed by atoms with Gasteiger partial charge in [-0.3, -0.25) is 4.79 Å². The van der Waals surface area contributed by atoms with Crippen LogP contribution in [0.5, 0.6) is 0 Å². The van der Waals surface area contributed by atoms with Gasteiger partial charge in [-0.05, 0) is 25.0 Å². The molecule has 2 rings (SSSR count). The number of nitrogens with zero attached hydrogens (tertiary/aromatic N) is 2. The zero-order chi connectivity index (χ0) is 13.1. The van der Waals surface area contributed by atoms with E-state index < -0.39 is 0 Å². The van der Waals surface area contributed by atoms with E-state index in [0.29, 0.717) is 16.2 Å². The van der Waals surface area contributed by atoms with E-state index >= 15 is 0 Å². The number of carbonyl (C=O) groups is 1. The summed E-state index contributed by atoms with van der Waals surface area (Å²) in [7, 11) is 1.82. The van der Waals surface area contributed by atoms with Crippen LogP contribution in [0.15, 0.2) is 12.1 Å². The van der Waals surface area contributed by atoms with Crippen molar-refractivity contribution in [3.8, 4) is 0 Å². The second kappa shape index (κ2) is 5.89. The molecule has 1 aromatic heterocycles. The molecule has 0 aliphatic heterocycles. The minimum Gasteiger partial charge on any atom is -0.337 e. The fourth-order valence-corrected chi connectivity index (χ4v) is 2.70. The Balaban J connectivity index is 2.16. The van der Waals surface area contributed by atoms with Crippen molar-refractivity contribution in [2.24, 2.45) is 0 Å². The van der Waals surface area contributed by atoms with E-state index in [4.69, 9.17) is 23.2 Å². The number of amides is 1. The van der Waals surface area contributed by atoms with Crippen LogP contribution >= 0.6 is 23.2 Å². The van der Waals surface area contributed by atoms with E-state index in [0.717, 1.165) is 12.8 Å². The maximum Gasteiger partial charge on any atom is 0.274 e. The van der Waals surface area contributed by atoms with Gasteiger partial charge in [0.05, 0.1) is 5.02 Å². The first-order valence-electron chi connectivity index (χ1n) is 6.19. The van der Waals surface area contributed by atoms with Crippen LogP contribution in [0.2, 0.25) is 10.2 Å². The first-order chi connectivity index (χ1) is 8.59. The topological polar surface area (TPSA) is 33.2 Å². The lowest BCUT2D eigenvalue weighted by Gasteiger charge is -2.31. The van der Waals surface area contributed by atoms with Gasteiger partial charge in [0.1, 0.15) is 10.8 Å². The van der Waals surface area contributed by atoms with E-state index in [1.165, 1.54) is 19.3 Å². The molecular formula is C13H16Cl2N2O. The summed E-state index contributed by atoms with van der Waals surface area (Å²) in [6, 6.07) is 3.49. The first-order valence-corrected chi connectivity index (χ1v) is 6.94. The maximum absolute atomic E-state index is 12.3. The van der Waals surface area contributed by atoms with E-state index in [2.05, 4.69) is 4.98 Å². The van der Waals surface area contributed by atoms with E-state index in [9.17, 15) is 4.79 Å². The minimum absolute atomic E-state index is 0.144. The fraction of sp³-hybridized carbons (Fsp3) is 0.538. The summed E-state index contributed by atoms with van der Waals surface area (Å²) in [4.78, 5) is 18.1. The molecule has 0 spiro atoms. The number of carbonyl (C=O) groups excluding carboxylic acids is 1. The summed E-state index contributed by atoms with van der Waals surface area (Å²) in [6.45, 7) is 0. The predicted molar refractivity (Wildman–Crippen MR) is 73.2 cm³/mol. The average molecular weight is 287 g/mol. The van der Waals surface area contributed by atoms with Gasteiger partial charge >= 0.3 is 0 Å². The zero-order valence-corrected chi connectivity index (χ0v) is 11.8.